The van der Waals surface area contributed by atoms with Crippen LogP contribution in [-0.4, -0.2) is 27.1 Å². The van der Waals surface area contributed by atoms with Gasteiger partial charge in [-0.1, -0.05) is 50.6 Å². The lowest BCUT2D eigenvalue weighted by atomic mass is 9.97. The van der Waals surface area contributed by atoms with E-state index in [1.165, 1.54) is 11.3 Å². The molecule has 1 aliphatic rings. The number of halogens is 1. The molecule has 37 heavy (non-hydrogen) atoms. The Labute approximate surface area is 221 Å². The fourth-order valence-corrected chi connectivity index (χ4v) is 4.19. The lowest BCUT2D eigenvalue weighted by Gasteiger charge is -2.26. The number of nitrogens with zero attached hydrogens (tertiary/aromatic N) is 5. The standard InChI is InChI=1S/C27H30ClN9/c1-26(2,3)15-33-25-20-11-18(10-17(12-29)23(20)34-16-35-25)36-24(19-6-4-5-7-21(19)28)22(31)13-37(32)27(14-30)8-9-27/h4-7,10-11,13,16,24,36H,8-9,15,31-32H2,1-3H3,(H,33,34,35)/b22-13-. The predicted octanol–water partition coefficient (Wildman–Crippen LogP) is 4.80. The van der Waals surface area contributed by atoms with Crippen molar-refractivity contribution >= 4 is 34.0 Å². The Kier molecular flexibility index (Phi) is 7.13. The maximum absolute atomic E-state index is 9.89. The summed E-state index contributed by atoms with van der Waals surface area (Å²) >= 11 is 6.56. The first kappa shape index (κ1) is 26.0. The lowest BCUT2D eigenvalue weighted by molar-refractivity contribution is 0.316. The van der Waals surface area contributed by atoms with Crippen LogP contribution in [0.3, 0.4) is 0 Å². The summed E-state index contributed by atoms with van der Waals surface area (Å²) < 4.78 is 0. The van der Waals surface area contributed by atoms with Gasteiger partial charge in [-0.15, -0.1) is 0 Å². The Morgan fingerprint density at radius 1 is 1.24 bits per heavy atom. The Balaban J connectivity index is 1.77. The van der Waals surface area contributed by atoms with Gasteiger partial charge in [0.15, 0.2) is 0 Å². The molecule has 0 bridgehead atoms. The summed E-state index contributed by atoms with van der Waals surface area (Å²) in [6.07, 6.45) is 4.37. The van der Waals surface area contributed by atoms with Crippen LogP contribution in [0.25, 0.3) is 10.9 Å². The predicted molar refractivity (Wildman–Crippen MR) is 146 cm³/mol. The Hall–Kier alpha value is -4.05. The highest BCUT2D eigenvalue weighted by Gasteiger charge is 2.47. The number of aromatic nitrogens is 2. The van der Waals surface area contributed by atoms with Crippen molar-refractivity contribution in [3.63, 3.8) is 0 Å². The van der Waals surface area contributed by atoms with Gasteiger partial charge in [-0.3, -0.25) is 5.01 Å². The molecule has 0 aliphatic heterocycles. The molecule has 0 radical (unpaired) electrons. The largest absolute Gasteiger partial charge is 0.399 e. The first-order chi connectivity index (χ1) is 17.6. The molecular formula is C27H30ClN9. The molecule has 1 aliphatic carbocycles. The number of hydrogen-bond donors (Lipinski definition) is 4. The van der Waals surface area contributed by atoms with E-state index in [1.54, 1.807) is 18.3 Å². The normalized spacial score (nSPS) is 15.4. The van der Waals surface area contributed by atoms with E-state index in [-0.39, 0.29) is 5.41 Å². The van der Waals surface area contributed by atoms with E-state index >= 15 is 0 Å². The lowest BCUT2D eigenvalue weighted by Crippen LogP contribution is -2.39. The summed E-state index contributed by atoms with van der Waals surface area (Å²) in [7, 11) is 0. The summed E-state index contributed by atoms with van der Waals surface area (Å²) in [5.74, 6) is 6.84. The van der Waals surface area contributed by atoms with Crippen LogP contribution in [0, 0.1) is 28.1 Å². The zero-order valence-electron chi connectivity index (χ0n) is 21.1. The number of anilines is 2. The second-order valence-corrected chi connectivity index (χ2v) is 10.9. The fourth-order valence-electron chi connectivity index (χ4n) is 3.95. The van der Waals surface area contributed by atoms with Gasteiger partial charge in [0.1, 0.15) is 23.8 Å². The van der Waals surface area contributed by atoms with Crippen molar-refractivity contribution < 1.29 is 0 Å². The maximum Gasteiger partial charge on any atom is 0.141 e. The van der Waals surface area contributed by atoms with E-state index in [2.05, 4.69) is 53.5 Å². The molecular weight excluding hydrogens is 486 g/mol. The van der Waals surface area contributed by atoms with Gasteiger partial charge in [0.05, 0.1) is 28.9 Å². The highest BCUT2D eigenvalue weighted by atomic mass is 35.5. The molecule has 4 rings (SSSR count). The molecule has 9 nitrogen and oxygen atoms in total. The molecule has 0 saturated heterocycles. The van der Waals surface area contributed by atoms with Crippen LogP contribution >= 0.6 is 11.6 Å². The van der Waals surface area contributed by atoms with E-state index in [0.717, 1.165) is 5.56 Å². The summed E-state index contributed by atoms with van der Waals surface area (Å²) in [5.41, 5.74) is 8.51. The number of rotatable bonds is 8. The van der Waals surface area contributed by atoms with E-state index in [4.69, 9.17) is 23.2 Å². The van der Waals surface area contributed by atoms with Gasteiger partial charge in [0, 0.05) is 28.8 Å². The fraction of sp³-hybridized carbons (Fsp3) is 0.333. The summed E-state index contributed by atoms with van der Waals surface area (Å²) in [6, 6.07) is 14.9. The van der Waals surface area contributed by atoms with E-state index in [1.807, 2.05) is 24.3 Å². The third-order valence-electron chi connectivity index (χ3n) is 6.22. The molecule has 6 N–H and O–H groups in total. The highest BCUT2D eigenvalue weighted by Crippen LogP contribution is 2.40. The zero-order chi connectivity index (χ0) is 26.8. The van der Waals surface area contributed by atoms with Crippen LogP contribution in [0.1, 0.15) is 50.8 Å². The second kappa shape index (κ2) is 10.1. The smallest absolute Gasteiger partial charge is 0.141 e. The van der Waals surface area contributed by atoms with Crippen molar-refractivity contribution in [1.82, 2.24) is 15.0 Å². The van der Waals surface area contributed by atoms with E-state index in [0.29, 0.717) is 58.1 Å². The molecule has 1 aromatic heterocycles. The van der Waals surface area contributed by atoms with Gasteiger partial charge >= 0.3 is 0 Å². The average molecular weight is 516 g/mol. The highest BCUT2D eigenvalue weighted by molar-refractivity contribution is 6.31. The molecule has 0 amide bonds. The van der Waals surface area contributed by atoms with Crippen molar-refractivity contribution in [2.45, 2.75) is 45.2 Å². The molecule has 1 saturated carbocycles. The van der Waals surface area contributed by atoms with Crippen molar-refractivity contribution in [2.75, 3.05) is 17.2 Å². The van der Waals surface area contributed by atoms with Crippen molar-refractivity contribution in [3.05, 3.63) is 70.8 Å². The minimum absolute atomic E-state index is 0.0238. The van der Waals surface area contributed by atoms with Gasteiger partial charge < -0.3 is 16.4 Å². The molecule has 2 aromatic carbocycles. The van der Waals surface area contributed by atoms with E-state index < -0.39 is 11.6 Å². The zero-order valence-corrected chi connectivity index (χ0v) is 21.8. The molecule has 10 heteroatoms. The van der Waals surface area contributed by atoms with Crippen LogP contribution in [0.5, 0.6) is 0 Å². The average Bonchev–Trinajstić information content (AvgIpc) is 3.67. The van der Waals surface area contributed by atoms with Crippen LogP contribution < -0.4 is 22.2 Å². The number of benzene rings is 2. The van der Waals surface area contributed by atoms with Gasteiger partial charge in [0.25, 0.3) is 0 Å². The number of hydrazine groups is 1. The van der Waals surface area contributed by atoms with Gasteiger partial charge in [-0.05, 0) is 42.0 Å². The number of nitrogens with one attached hydrogen (secondary N) is 2. The number of nitriles is 2. The molecule has 0 spiro atoms. The van der Waals surface area contributed by atoms with Crippen LogP contribution in [0.4, 0.5) is 11.5 Å². The first-order valence-electron chi connectivity index (χ1n) is 11.9. The molecule has 190 valence electrons. The van der Waals surface area contributed by atoms with Crippen molar-refractivity contribution in [2.24, 2.45) is 17.0 Å². The minimum atomic E-state index is -0.739. The minimum Gasteiger partial charge on any atom is -0.399 e. The van der Waals surface area contributed by atoms with Crippen LogP contribution in [0.2, 0.25) is 5.02 Å². The molecule has 3 aromatic rings. The molecule has 1 heterocycles. The van der Waals surface area contributed by atoms with E-state index in [9.17, 15) is 10.5 Å². The second-order valence-electron chi connectivity index (χ2n) is 10.4. The quantitative estimate of drug-likeness (QED) is 0.244. The van der Waals surface area contributed by atoms with Gasteiger partial charge in [0.2, 0.25) is 0 Å². The Morgan fingerprint density at radius 2 is 1.97 bits per heavy atom. The number of nitrogens with two attached hydrogens (primary N) is 2. The SMILES string of the molecule is CC(C)(C)CNc1ncnc2c(C#N)cc(NC(/C(N)=C/N(N)C3(C#N)CC3)c3ccccc3Cl)cc12. The Morgan fingerprint density at radius 3 is 2.59 bits per heavy atom. The summed E-state index contributed by atoms with van der Waals surface area (Å²) in [6.45, 7) is 7.06. The van der Waals surface area contributed by atoms with Crippen LogP contribution in [-0.2, 0) is 0 Å². The Bertz CT molecular complexity index is 1420. The third kappa shape index (κ3) is 5.69. The molecule has 1 unspecified atom stereocenters. The van der Waals surface area contributed by atoms with Crippen molar-refractivity contribution in [1.29, 1.82) is 10.5 Å². The topological polar surface area (TPSA) is 153 Å². The number of hydrogen-bond acceptors (Lipinski definition) is 9. The molecule has 1 fully saturated rings. The summed E-state index contributed by atoms with van der Waals surface area (Å²) in [4.78, 5) is 8.78. The molecule has 1 atom stereocenters. The van der Waals surface area contributed by atoms with Gasteiger partial charge in [-0.2, -0.15) is 10.5 Å². The van der Waals surface area contributed by atoms with Gasteiger partial charge in [-0.25, -0.2) is 15.8 Å². The van der Waals surface area contributed by atoms with Crippen molar-refractivity contribution in [3.8, 4) is 12.1 Å². The monoisotopic (exact) mass is 515 g/mol. The summed E-state index contributed by atoms with van der Waals surface area (Å²) in [5, 5.41) is 28.8. The number of fused-ring (bicyclic) bond motifs is 1. The van der Waals surface area contributed by atoms with Crippen LogP contribution in [0.15, 0.2) is 54.6 Å². The first-order valence-corrected chi connectivity index (χ1v) is 12.3. The maximum atomic E-state index is 9.89. The third-order valence-corrected chi connectivity index (χ3v) is 6.56.